The molecule has 2 aromatic carbocycles. The molecule has 3 aromatic rings. The van der Waals surface area contributed by atoms with E-state index in [1.165, 1.54) is 0 Å². The lowest BCUT2D eigenvalue weighted by Gasteiger charge is -2.18. The summed E-state index contributed by atoms with van der Waals surface area (Å²) in [6, 6.07) is 10.8. The lowest BCUT2D eigenvalue weighted by molar-refractivity contribution is -0.118. The number of halogens is 1. The molecule has 0 aliphatic carbocycles. The molecule has 0 fully saturated rings. The monoisotopic (exact) mass is 446 g/mol. The summed E-state index contributed by atoms with van der Waals surface area (Å²) in [4.78, 5) is 40.8. The number of benzene rings is 2. The SMILES string of the molecule is CCOC(=O)c1nc2c(C)cccc2c(=O)[nH]1.Cl.NCc1ccc2c(c1)NC(=O)CO2. The third-order valence-electron chi connectivity index (χ3n) is 4.32. The van der Waals surface area contributed by atoms with Crippen LogP contribution in [0.15, 0.2) is 41.2 Å². The fourth-order valence-electron chi connectivity index (χ4n) is 2.86. The van der Waals surface area contributed by atoms with E-state index in [-0.39, 0.29) is 42.9 Å². The predicted molar refractivity (Wildman–Crippen MR) is 119 cm³/mol. The molecule has 31 heavy (non-hydrogen) atoms. The Morgan fingerprint density at radius 1 is 1.26 bits per heavy atom. The van der Waals surface area contributed by atoms with Crippen LogP contribution >= 0.6 is 12.4 Å². The second-order valence-electron chi connectivity index (χ2n) is 6.48. The zero-order valence-corrected chi connectivity index (χ0v) is 17.9. The maximum absolute atomic E-state index is 11.8. The van der Waals surface area contributed by atoms with E-state index < -0.39 is 5.97 Å². The molecule has 9 nitrogen and oxygen atoms in total. The largest absolute Gasteiger partial charge is 0.482 e. The lowest BCUT2D eigenvalue weighted by Crippen LogP contribution is -2.25. The molecule has 0 bridgehead atoms. The standard InChI is InChI=1S/C12H12N2O3.C9H10N2O2.ClH/c1-3-17-12(16)10-13-9-7(2)5-4-6-8(9)11(15)14-10;10-4-6-1-2-8-7(3-6)11-9(12)5-13-8;/h4-6H,3H2,1-2H3,(H,13,14,15);1-3H,4-5,10H2,(H,11,12);1H. The van der Waals surface area contributed by atoms with Gasteiger partial charge in [-0.2, -0.15) is 0 Å². The van der Waals surface area contributed by atoms with Crippen molar-refractivity contribution in [2.75, 3.05) is 18.5 Å². The number of amides is 1. The van der Waals surface area contributed by atoms with Gasteiger partial charge in [0.2, 0.25) is 5.82 Å². The van der Waals surface area contributed by atoms with E-state index in [1.807, 2.05) is 31.2 Å². The van der Waals surface area contributed by atoms with Gasteiger partial charge in [-0.05, 0) is 43.2 Å². The number of H-pyrrole nitrogens is 1. The summed E-state index contributed by atoms with van der Waals surface area (Å²) in [6.45, 7) is 4.33. The van der Waals surface area contributed by atoms with Crippen molar-refractivity contribution in [2.24, 2.45) is 5.73 Å². The summed E-state index contributed by atoms with van der Waals surface area (Å²) in [7, 11) is 0. The average molecular weight is 447 g/mol. The normalized spacial score (nSPS) is 11.8. The molecule has 0 saturated carbocycles. The number of ether oxygens (including phenoxy) is 2. The van der Waals surface area contributed by atoms with Crippen LogP contribution < -0.4 is 21.3 Å². The number of esters is 1. The first-order chi connectivity index (χ1) is 14.4. The van der Waals surface area contributed by atoms with E-state index >= 15 is 0 Å². The minimum atomic E-state index is -0.616. The zero-order chi connectivity index (χ0) is 21.7. The molecule has 0 saturated heterocycles. The van der Waals surface area contributed by atoms with Gasteiger partial charge in [-0.1, -0.05) is 18.2 Å². The number of anilines is 1. The van der Waals surface area contributed by atoms with Gasteiger partial charge in [0, 0.05) is 6.54 Å². The highest BCUT2D eigenvalue weighted by Gasteiger charge is 2.15. The third kappa shape index (κ3) is 5.59. The lowest BCUT2D eigenvalue weighted by atomic mass is 10.1. The van der Waals surface area contributed by atoms with Crippen LogP contribution in [0.3, 0.4) is 0 Å². The van der Waals surface area contributed by atoms with E-state index in [4.69, 9.17) is 15.2 Å². The number of aromatic nitrogens is 2. The molecule has 1 aromatic heterocycles. The topological polar surface area (TPSA) is 136 Å². The molecule has 10 heteroatoms. The number of nitrogens with two attached hydrogens (primary N) is 1. The highest BCUT2D eigenvalue weighted by atomic mass is 35.5. The van der Waals surface area contributed by atoms with Gasteiger partial charge in [-0.25, -0.2) is 9.78 Å². The molecule has 164 valence electrons. The number of aromatic amines is 1. The van der Waals surface area contributed by atoms with Crippen molar-refractivity contribution >= 4 is 40.9 Å². The quantitative estimate of drug-likeness (QED) is 0.525. The number of fused-ring (bicyclic) bond motifs is 2. The predicted octanol–water partition coefficient (Wildman–Crippen LogP) is 2.31. The van der Waals surface area contributed by atoms with E-state index in [1.54, 1.807) is 19.1 Å². The Labute approximate surface area is 184 Å². The molecule has 4 N–H and O–H groups in total. The summed E-state index contributed by atoms with van der Waals surface area (Å²) < 4.78 is 9.98. The molecule has 1 amide bonds. The number of nitrogens with one attached hydrogen (secondary N) is 2. The van der Waals surface area contributed by atoms with Crippen molar-refractivity contribution in [1.29, 1.82) is 0 Å². The summed E-state index contributed by atoms with van der Waals surface area (Å²) in [5.74, 6) is -0.0909. The van der Waals surface area contributed by atoms with Crippen molar-refractivity contribution in [3.63, 3.8) is 0 Å². The molecule has 0 spiro atoms. The molecule has 1 aliphatic heterocycles. The van der Waals surface area contributed by atoms with Crippen molar-refractivity contribution < 1.29 is 19.1 Å². The van der Waals surface area contributed by atoms with Crippen LogP contribution in [0, 0.1) is 6.92 Å². The van der Waals surface area contributed by atoms with E-state index in [0.29, 0.717) is 28.9 Å². The molecule has 0 unspecified atom stereocenters. The van der Waals surface area contributed by atoms with E-state index in [0.717, 1.165) is 11.1 Å². The zero-order valence-electron chi connectivity index (χ0n) is 17.1. The van der Waals surface area contributed by atoms with Crippen LogP contribution in [-0.4, -0.2) is 35.1 Å². The van der Waals surface area contributed by atoms with Crippen molar-refractivity contribution in [3.05, 3.63) is 63.7 Å². The van der Waals surface area contributed by atoms with Gasteiger partial charge in [0.25, 0.3) is 11.5 Å². The Balaban J connectivity index is 0.000000220. The maximum Gasteiger partial charge on any atom is 0.374 e. The first-order valence-corrected chi connectivity index (χ1v) is 9.35. The Morgan fingerprint density at radius 2 is 2.03 bits per heavy atom. The van der Waals surface area contributed by atoms with Gasteiger partial charge in [0.15, 0.2) is 6.61 Å². The summed E-state index contributed by atoms with van der Waals surface area (Å²) in [5, 5.41) is 3.19. The average Bonchev–Trinajstić information content (AvgIpc) is 2.74. The van der Waals surface area contributed by atoms with E-state index in [2.05, 4.69) is 15.3 Å². The molecule has 2 heterocycles. The smallest absolute Gasteiger partial charge is 0.374 e. The highest BCUT2D eigenvalue weighted by molar-refractivity contribution is 5.95. The van der Waals surface area contributed by atoms with Gasteiger partial charge in [-0.15, -0.1) is 12.4 Å². The maximum atomic E-state index is 11.8. The van der Waals surface area contributed by atoms with Crippen LogP contribution in [0.25, 0.3) is 10.9 Å². The second-order valence-corrected chi connectivity index (χ2v) is 6.48. The second kappa shape index (κ2) is 10.6. The van der Waals surface area contributed by atoms with Crippen LogP contribution in [-0.2, 0) is 16.1 Å². The molecule has 4 rings (SSSR count). The number of carbonyl (C=O) groups excluding carboxylic acids is 2. The van der Waals surface area contributed by atoms with Gasteiger partial charge in [0.1, 0.15) is 5.75 Å². The van der Waals surface area contributed by atoms with Gasteiger partial charge < -0.3 is 25.5 Å². The molecule has 0 radical (unpaired) electrons. The number of nitrogens with zero attached hydrogens (tertiary/aromatic N) is 1. The van der Waals surface area contributed by atoms with Crippen LogP contribution in [0.1, 0.15) is 28.7 Å². The molecular formula is C21H23ClN4O5. The Bertz CT molecular complexity index is 1160. The van der Waals surface area contributed by atoms with Crippen molar-refractivity contribution in [3.8, 4) is 5.75 Å². The van der Waals surface area contributed by atoms with Gasteiger partial charge >= 0.3 is 5.97 Å². The highest BCUT2D eigenvalue weighted by Crippen LogP contribution is 2.28. The Hall–Kier alpha value is -3.43. The first-order valence-electron chi connectivity index (χ1n) is 9.35. The summed E-state index contributed by atoms with van der Waals surface area (Å²) in [5.41, 5.74) is 8.19. The number of carbonyl (C=O) groups is 2. The Kier molecular flexibility index (Phi) is 8.12. The first kappa shape index (κ1) is 23.8. The number of rotatable bonds is 3. The van der Waals surface area contributed by atoms with Crippen molar-refractivity contribution in [2.45, 2.75) is 20.4 Å². The summed E-state index contributed by atoms with van der Waals surface area (Å²) in [6.07, 6.45) is 0. The molecule has 0 atom stereocenters. The van der Waals surface area contributed by atoms with Crippen LogP contribution in [0.5, 0.6) is 5.75 Å². The van der Waals surface area contributed by atoms with E-state index in [9.17, 15) is 14.4 Å². The Morgan fingerprint density at radius 3 is 2.74 bits per heavy atom. The minimum absolute atomic E-state index is 0. The fraction of sp³-hybridized carbons (Fsp3) is 0.238. The van der Waals surface area contributed by atoms with Gasteiger partial charge in [-0.3, -0.25) is 9.59 Å². The number of hydrogen-bond donors (Lipinski definition) is 3. The molecular weight excluding hydrogens is 424 g/mol. The van der Waals surface area contributed by atoms with Crippen LogP contribution in [0.2, 0.25) is 0 Å². The fourth-order valence-corrected chi connectivity index (χ4v) is 2.86. The number of hydrogen-bond acceptors (Lipinski definition) is 7. The number of para-hydroxylation sites is 1. The third-order valence-corrected chi connectivity index (χ3v) is 4.32. The minimum Gasteiger partial charge on any atom is -0.482 e. The van der Waals surface area contributed by atoms with Gasteiger partial charge in [0.05, 0.1) is 23.2 Å². The molecule has 1 aliphatic rings. The van der Waals surface area contributed by atoms with Crippen LogP contribution in [0.4, 0.5) is 5.69 Å². The number of aryl methyl sites for hydroxylation is 1. The summed E-state index contributed by atoms with van der Waals surface area (Å²) >= 11 is 0. The van der Waals surface area contributed by atoms with Crippen molar-refractivity contribution in [1.82, 2.24) is 9.97 Å².